The van der Waals surface area contributed by atoms with Crippen molar-refractivity contribution in [2.45, 2.75) is 0 Å². The fourth-order valence-corrected chi connectivity index (χ4v) is 2.59. The van der Waals surface area contributed by atoms with Crippen LogP contribution < -0.4 is 4.90 Å². The largest absolute Gasteiger partial charge is 0.383 e. The van der Waals surface area contributed by atoms with Gasteiger partial charge in [-0.2, -0.15) is 0 Å². The smallest absolute Gasteiger partial charge is 0.267 e. The maximum Gasteiger partial charge on any atom is 0.267 e. The maximum atomic E-state index is 14.1. The fourth-order valence-electron chi connectivity index (χ4n) is 2.59. The monoisotopic (exact) mass is 310 g/mol. The van der Waals surface area contributed by atoms with Gasteiger partial charge in [0.15, 0.2) is 0 Å². The van der Waals surface area contributed by atoms with Crippen molar-refractivity contribution in [3.8, 4) is 0 Å². The normalized spacial score (nSPS) is 15.8. The van der Waals surface area contributed by atoms with E-state index >= 15 is 0 Å². The molecule has 4 nitrogen and oxygen atoms in total. The van der Waals surface area contributed by atoms with Gasteiger partial charge in [0.25, 0.3) is 11.8 Å². The number of hydrogen-bond acceptors (Lipinski definition) is 3. The van der Waals surface area contributed by atoms with Crippen LogP contribution in [0.15, 0.2) is 54.7 Å². The standard InChI is InChI=1S/C18H15FN2O2/c1-20(2)11-14-12-7-3-4-8-13(12)17(22)21(18(14)23)16-10-6-5-9-15(16)19/h3-11H,1-2H3. The van der Waals surface area contributed by atoms with Crippen LogP contribution in [0.1, 0.15) is 15.9 Å². The zero-order chi connectivity index (χ0) is 16.6. The Kier molecular flexibility index (Phi) is 3.70. The molecule has 5 heteroatoms. The quantitative estimate of drug-likeness (QED) is 0.632. The lowest BCUT2D eigenvalue weighted by atomic mass is 9.93. The maximum absolute atomic E-state index is 14.1. The van der Waals surface area contributed by atoms with Crippen molar-refractivity contribution in [1.29, 1.82) is 0 Å². The summed E-state index contributed by atoms with van der Waals surface area (Å²) in [4.78, 5) is 28.2. The molecule has 0 aromatic heterocycles. The molecule has 3 rings (SSSR count). The SMILES string of the molecule is CN(C)C=C1C(=O)N(c2ccccc2F)C(=O)c2ccccc21. The molecule has 0 aliphatic carbocycles. The molecule has 0 atom stereocenters. The minimum Gasteiger partial charge on any atom is -0.383 e. The van der Waals surface area contributed by atoms with Crippen molar-refractivity contribution in [2.75, 3.05) is 19.0 Å². The zero-order valence-electron chi connectivity index (χ0n) is 12.8. The van der Waals surface area contributed by atoms with E-state index in [9.17, 15) is 14.0 Å². The number of benzene rings is 2. The Balaban J connectivity index is 2.23. The van der Waals surface area contributed by atoms with Crippen LogP contribution in [0, 0.1) is 5.82 Å². The minimum absolute atomic E-state index is 0.0401. The number of halogens is 1. The minimum atomic E-state index is -0.613. The summed E-state index contributed by atoms with van der Waals surface area (Å²) in [5.41, 5.74) is 1.25. The summed E-state index contributed by atoms with van der Waals surface area (Å²) in [5.74, 6) is -1.67. The first-order chi connectivity index (χ1) is 11.0. The number of amides is 2. The number of hydrogen-bond donors (Lipinski definition) is 0. The van der Waals surface area contributed by atoms with Crippen LogP contribution in [0.3, 0.4) is 0 Å². The highest BCUT2D eigenvalue weighted by Gasteiger charge is 2.36. The van der Waals surface area contributed by atoms with E-state index < -0.39 is 17.6 Å². The van der Waals surface area contributed by atoms with Gasteiger partial charge < -0.3 is 4.90 Å². The third-order valence-corrected chi connectivity index (χ3v) is 3.56. The molecule has 1 aliphatic heterocycles. The van der Waals surface area contributed by atoms with Gasteiger partial charge in [-0.05, 0) is 18.2 Å². The highest BCUT2D eigenvalue weighted by molar-refractivity contribution is 6.41. The van der Waals surface area contributed by atoms with E-state index in [1.54, 1.807) is 55.5 Å². The molecule has 0 spiro atoms. The third kappa shape index (κ3) is 2.50. The van der Waals surface area contributed by atoms with Gasteiger partial charge in [-0.3, -0.25) is 9.59 Å². The van der Waals surface area contributed by atoms with Crippen LogP contribution in [0.2, 0.25) is 0 Å². The molecule has 0 N–H and O–H groups in total. The Morgan fingerprint density at radius 1 is 0.913 bits per heavy atom. The van der Waals surface area contributed by atoms with E-state index in [4.69, 9.17) is 0 Å². The summed E-state index contributed by atoms with van der Waals surface area (Å²) < 4.78 is 14.1. The predicted molar refractivity (Wildman–Crippen MR) is 86.3 cm³/mol. The summed E-state index contributed by atoms with van der Waals surface area (Å²) in [5, 5.41) is 0. The van der Waals surface area contributed by atoms with Gasteiger partial charge in [0.2, 0.25) is 0 Å². The van der Waals surface area contributed by atoms with Crippen molar-refractivity contribution >= 4 is 23.1 Å². The average molecular weight is 310 g/mol. The summed E-state index contributed by atoms with van der Waals surface area (Å²) in [7, 11) is 3.57. The lowest BCUT2D eigenvalue weighted by Crippen LogP contribution is -2.42. The first-order valence-corrected chi connectivity index (χ1v) is 7.11. The Hall–Kier alpha value is -2.95. The summed E-state index contributed by atoms with van der Waals surface area (Å²) >= 11 is 0. The topological polar surface area (TPSA) is 40.6 Å². The molecule has 0 saturated heterocycles. The summed E-state index contributed by atoms with van der Waals surface area (Å²) in [6, 6.07) is 12.6. The molecule has 23 heavy (non-hydrogen) atoms. The number of carbonyl (C=O) groups is 2. The van der Waals surface area contributed by atoms with Gasteiger partial charge in [-0.1, -0.05) is 30.3 Å². The zero-order valence-corrected chi connectivity index (χ0v) is 12.8. The Morgan fingerprint density at radius 2 is 1.52 bits per heavy atom. The van der Waals surface area contributed by atoms with Gasteiger partial charge in [0.05, 0.1) is 11.3 Å². The van der Waals surface area contributed by atoms with E-state index in [1.165, 1.54) is 18.2 Å². The molecule has 0 bridgehead atoms. The summed E-state index contributed by atoms with van der Waals surface area (Å²) in [6.07, 6.45) is 1.64. The van der Waals surface area contributed by atoms with Gasteiger partial charge in [0.1, 0.15) is 5.82 Å². The molecule has 1 aliphatic rings. The van der Waals surface area contributed by atoms with Gasteiger partial charge in [-0.25, -0.2) is 9.29 Å². The number of para-hydroxylation sites is 1. The Bertz CT molecular complexity index is 827. The number of fused-ring (bicyclic) bond motifs is 1. The number of nitrogens with zero attached hydrogens (tertiary/aromatic N) is 2. The molecule has 1 heterocycles. The number of imide groups is 1. The molecule has 0 saturated carbocycles. The molecular weight excluding hydrogens is 295 g/mol. The number of carbonyl (C=O) groups excluding carboxylic acids is 2. The molecular formula is C18H15FN2O2. The molecule has 116 valence electrons. The molecule has 2 amide bonds. The van der Waals surface area contributed by atoms with Crippen molar-refractivity contribution in [3.63, 3.8) is 0 Å². The second kappa shape index (κ2) is 5.68. The second-order valence-corrected chi connectivity index (χ2v) is 5.45. The molecule has 2 aromatic carbocycles. The van der Waals surface area contributed by atoms with Crippen LogP contribution in [-0.2, 0) is 4.79 Å². The lowest BCUT2D eigenvalue weighted by molar-refractivity contribution is -0.112. The van der Waals surface area contributed by atoms with Crippen molar-refractivity contribution in [3.05, 3.63) is 71.7 Å². The molecule has 2 aromatic rings. The third-order valence-electron chi connectivity index (χ3n) is 3.56. The van der Waals surface area contributed by atoms with Gasteiger partial charge in [0, 0.05) is 31.4 Å². The highest BCUT2D eigenvalue weighted by atomic mass is 19.1. The van der Waals surface area contributed by atoms with E-state index in [2.05, 4.69) is 0 Å². The number of anilines is 1. The first kappa shape index (κ1) is 15.0. The average Bonchev–Trinajstić information content (AvgIpc) is 2.53. The van der Waals surface area contributed by atoms with E-state index in [0.717, 1.165) is 4.90 Å². The Labute approximate surface area is 133 Å². The van der Waals surface area contributed by atoms with Crippen LogP contribution in [0.5, 0.6) is 0 Å². The number of rotatable bonds is 2. The summed E-state index contributed by atoms with van der Waals surface area (Å²) in [6.45, 7) is 0. The van der Waals surface area contributed by atoms with Crippen LogP contribution in [0.4, 0.5) is 10.1 Å². The van der Waals surface area contributed by atoms with Crippen LogP contribution >= 0.6 is 0 Å². The van der Waals surface area contributed by atoms with Crippen molar-refractivity contribution in [2.24, 2.45) is 0 Å². The second-order valence-electron chi connectivity index (χ2n) is 5.45. The molecule has 0 fully saturated rings. The van der Waals surface area contributed by atoms with E-state index in [-0.39, 0.29) is 5.69 Å². The first-order valence-electron chi connectivity index (χ1n) is 7.11. The van der Waals surface area contributed by atoms with Gasteiger partial charge in [-0.15, -0.1) is 0 Å². The molecule has 0 unspecified atom stereocenters. The van der Waals surface area contributed by atoms with Crippen molar-refractivity contribution < 1.29 is 14.0 Å². The fraction of sp³-hybridized carbons (Fsp3) is 0.111. The lowest BCUT2D eigenvalue weighted by Gasteiger charge is -2.29. The Morgan fingerprint density at radius 3 is 2.17 bits per heavy atom. The predicted octanol–water partition coefficient (Wildman–Crippen LogP) is 2.92. The van der Waals surface area contributed by atoms with E-state index in [0.29, 0.717) is 16.7 Å². The highest BCUT2D eigenvalue weighted by Crippen LogP contribution is 2.33. The van der Waals surface area contributed by atoms with E-state index in [1.807, 2.05) is 0 Å². The van der Waals surface area contributed by atoms with Crippen molar-refractivity contribution in [1.82, 2.24) is 4.90 Å². The molecule has 0 radical (unpaired) electrons. The van der Waals surface area contributed by atoms with Gasteiger partial charge >= 0.3 is 0 Å². The van der Waals surface area contributed by atoms with Crippen LogP contribution in [0.25, 0.3) is 5.57 Å². The van der Waals surface area contributed by atoms with Crippen LogP contribution in [-0.4, -0.2) is 30.8 Å².